The molecule has 1 saturated heterocycles. The van der Waals surface area contributed by atoms with Crippen molar-refractivity contribution in [2.24, 2.45) is 7.05 Å². The van der Waals surface area contributed by atoms with Crippen molar-refractivity contribution in [3.8, 4) is 22.3 Å². The lowest BCUT2D eigenvalue weighted by atomic mass is 9.96. The third-order valence-corrected chi connectivity index (χ3v) is 7.98. The Labute approximate surface area is 239 Å². The van der Waals surface area contributed by atoms with Crippen LogP contribution in [0.5, 0.6) is 0 Å². The van der Waals surface area contributed by atoms with E-state index in [1.807, 2.05) is 19.0 Å². The Hall–Kier alpha value is -4.38. The number of likely N-dealkylation sites (N-methyl/N-ethyl adjacent to an activating group) is 1. The van der Waals surface area contributed by atoms with Gasteiger partial charge in [0.1, 0.15) is 11.2 Å². The minimum absolute atomic E-state index is 0.00999. The summed E-state index contributed by atoms with van der Waals surface area (Å²) >= 11 is 0. The maximum absolute atomic E-state index is 15.8. The molecule has 4 aromatic rings. The number of nitrogens with one attached hydrogen (secondary N) is 1. The second-order valence-electron chi connectivity index (χ2n) is 10.9. The molecule has 0 saturated carbocycles. The average molecular weight is 564 g/mol. The molecule has 1 fully saturated rings. The van der Waals surface area contributed by atoms with Crippen LogP contribution in [0.2, 0.25) is 0 Å². The van der Waals surface area contributed by atoms with Gasteiger partial charge in [-0.3, -0.25) is 9.78 Å². The summed E-state index contributed by atoms with van der Waals surface area (Å²) in [5.41, 5.74) is 1.75. The fraction of sp³-hybridized carbons (Fsp3) is 0.333. The smallest absolute Gasteiger partial charge is 0.341 e. The van der Waals surface area contributed by atoms with Crippen molar-refractivity contribution in [3.63, 3.8) is 0 Å². The van der Waals surface area contributed by atoms with Crippen molar-refractivity contribution in [3.05, 3.63) is 69.4 Å². The van der Waals surface area contributed by atoms with E-state index in [0.717, 1.165) is 18.9 Å². The maximum atomic E-state index is 15.8. The second-order valence-corrected chi connectivity index (χ2v) is 10.9. The van der Waals surface area contributed by atoms with Crippen molar-refractivity contribution in [2.45, 2.75) is 25.3 Å². The molecule has 2 N–H and O–H groups in total. The highest BCUT2D eigenvalue weighted by Crippen LogP contribution is 2.51. The van der Waals surface area contributed by atoms with Gasteiger partial charge in [0.05, 0.1) is 16.8 Å². The third-order valence-electron chi connectivity index (χ3n) is 7.98. The van der Waals surface area contributed by atoms with Crippen molar-refractivity contribution in [1.82, 2.24) is 19.4 Å². The van der Waals surface area contributed by atoms with E-state index in [0.29, 0.717) is 46.7 Å². The van der Waals surface area contributed by atoms with E-state index in [9.17, 15) is 14.7 Å². The zero-order valence-electron chi connectivity index (χ0n) is 25.8. The maximum Gasteiger partial charge on any atom is 0.341 e. The number of anilines is 2. The normalized spacial score (nSPS) is 17.4. The number of fused-ring (bicyclic) bond motifs is 4. The summed E-state index contributed by atoms with van der Waals surface area (Å²) in [4.78, 5) is 38.3. The van der Waals surface area contributed by atoms with Crippen LogP contribution in [0, 0.1) is 11.6 Å². The first-order valence-electron chi connectivity index (χ1n) is 14.7. The molecule has 3 aromatic heterocycles. The Morgan fingerprint density at radius 2 is 2.05 bits per heavy atom. The number of carboxylic acid groups (broad SMARTS) is 1. The van der Waals surface area contributed by atoms with Crippen molar-refractivity contribution < 1.29 is 22.8 Å². The summed E-state index contributed by atoms with van der Waals surface area (Å²) in [5.74, 6) is -3.66. The number of benzene rings is 1. The molecule has 0 radical (unpaired) electrons. The zero-order chi connectivity index (χ0) is 31.7. The predicted molar refractivity (Wildman–Crippen MR) is 154 cm³/mol. The molecule has 41 heavy (non-hydrogen) atoms. The molecule has 1 aliphatic heterocycles. The molecule has 1 aliphatic carbocycles. The Balaban J connectivity index is 1.65. The largest absolute Gasteiger partial charge is 0.477 e. The molecule has 0 bridgehead atoms. The van der Waals surface area contributed by atoms with E-state index in [1.54, 1.807) is 25.5 Å². The molecular weight excluding hydrogens is 530 g/mol. The van der Waals surface area contributed by atoms with Gasteiger partial charge in [-0.15, -0.1) is 0 Å². The first kappa shape index (κ1) is 23.3. The van der Waals surface area contributed by atoms with Crippen molar-refractivity contribution in [2.75, 3.05) is 44.4 Å². The molecule has 212 valence electrons. The van der Waals surface area contributed by atoms with Gasteiger partial charge in [-0.1, -0.05) is 0 Å². The lowest BCUT2D eigenvalue weighted by molar-refractivity contribution is 0.0695. The number of halogens is 2. The summed E-state index contributed by atoms with van der Waals surface area (Å²) < 4.78 is 55.4. The first-order chi connectivity index (χ1) is 20.7. The first-order valence-corrected chi connectivity index (χ1v) is 13.2. The molecule has 1 atom stereocenters. The number of rotatable bonds is 6. The summed E-state index contributed by atoms with van der Waals surface area (Å²) in [6, 6.07) is 2.43. The van der Waals surface area contributed by atoms with Gasteiger partial charge in [0.25, 0.3) is 0 Å². The minimum atomic E-state index is -2.64. The molecule has 11 heteroatoms. The van der Waals surface area contributed by atoms with E-state index in [-0.39, 0.29) is 34.7 Å². The van der Waals surface area contributed by atoms with Crippen LogP contribution in [0.15, 0.2) is 35.5 Å². The lowest BCUT2D eigenvalue weighted by Crippen LogP contribution is -2.38. The molecule has 0 amide bonds. The van der Waals surface area contributed by atoms with Crippen LogP contribution in [-0.4, -0.2) is 70.7 Å². The van der Waals surface area contributed by atoms with Crippen LogP contribution in [0.3, 0.4) is 0 Å². The highest BCUT2D eigenvalue weighted by molar-refractivity contribution is 5.98. The highest BCUT2D eigenvalue weighted by Gasteiger charge is 2.37. The number of carbonyl (C=O) groups is 1. The van der Waals surface area contributed by atoms with Gasteiger partial charge in [-0.2, -0.15) is 0 Å². The minimum Gasteiger partial charge on any atom is -0.477 e. The van der Waals surface area contributed by atoms with Crippen molar-refractivity contribution >= 4 is 28.4 Å². The van der Waals surface area contributed by atoms with Gasteiger partial charge >= 0.3 is 5.97 Å². The fourth-order valence-electron chi connectivity index (χ4n) is 6.24. The number of hydrogen-bond acceptors (Lipinski definition) is 7. The van der Waals surface area contributed by atoms with E-state index < -0.39 is 35.6 Å². The van der Waals surface area contributed by atoms with Crippen LogP contribution >= 0.6 is 0 Å². The molecule has 1 aromatic carbocycles. The zero-order valence-corrected chi connectivity index (χ0v) is 22.8. The van der Waals surface area contributed by atoms with E-state index in [2.05, 4.69) is 20.2 Å². The molecule has 0 unspecified atom stereocenters. The van der Waals surface area contributed by atoms with Crippen LogP contribution in [-0.2, 0) is 13.5 Å². The summed E-state index contributed by atoms with van der Waals surface area (Å²) in [6.07, 6.45) is 6.14. The molecule has 9 nitrogen and oxygen atoms in total. The SMILES string of the molecule is [2H]C([2H])([2H])Nc1cc(F)c(F)c2c1Cc1ncc(-c3cnc4c(c3)c(=O)c(C(=O)O)cn4C)c(N3CCC[C@H]3CN(C)C)c1-2. The highest BCUT2D eigenvalue weighted by atomic mass is 19.2. The van der Waals surface area contributed by atoms with Crippen LogP contribution in [0.25, 0.3) is 33.3 Å². The molecule has 0 spiro atoms. The molecule has 2 aliphatic rings. The van der Waals surface area contributed by atoms with E-state index in [4.69, 9.17) is 4.11 Å². The van der Waals surface area contributed by atoms with Gasteiger partial charge in [-0.25, -0.2) is 18.6 Å². The summed E-state index contributed by atoms with van der Waals surface area (Å²) in [5, 5.41) is 12.0. The number of hydrogen-bond donors (Lipinski definition) is 2. The predicted octanol–water partition coefficient (Wildman–Crippen LogP) is 4.12. The van der Waals surface area contributed by atoms with Gasteiger partial charge in [0, 0.05) is 96.3 Å². The Kier molecular flexibility index (Phi) is 5.64. The summed E-state index contributed by atoms with van der Waals surface area (Å²) in [6.45, 7) is -1.35. The van der Waals surface area contributed by atoms with Gasteiger partial charge in [0.15, 0.2) is 11.6 Å². The van der Waals surface area contributed by atoms with E-state index >= 15 is 8.78 Å². The second kappa shape index (κ2) is 9.91. The lowest BCUT2D eigenvalue weighted by Gasteiger charge is -2.32. The monoisotopic (exact) mass is 563 g/mol. The number of aromatic carboxylic acids is 1. The number of aryl methyl sites for hydroxylation is 1. The number of aromatic nitrogens is 3. The number of pyridine rings is 3. The summed E-state index contributed by atoms with van der Waals surface area (Å²) in [7, 11) is 5.50. The third kappa shape index (κ3) is 4.22. The van der Waals surface area contributed by atoms with Gasteiger partial charge < -0.3 is 24.8 Å². The Morgan fingerprint density at radius 3 is 2.78 bits per heavy atom. The van der Waals surface area contributed by atoms with Crippen LogP contribution in [0.1, 0.15) is 38.6 Å². The van der Waals surface area contributed by atoms with Crippen LogP contribution < -0.4 is 15.6 Å². The molecule has 4 heterocycles. The Bertz CT molecular complexity index is 1910. The fourth-order valence-corrected chi connectivity index (χ4v) is 6.24. The number of nitrogens with zero attached hydrogens (tertiary/aromatic N) is 5. The van der Waals surface area contributed by atoms with Crippen LogP contribution in [0.4, 0.5) is 20.2 Å². The quantitative estimate of drug-likeness (QED) is 0.318. The number of carboxylic acids is 1. The Morgan fingerprint density at radius 1 is 1.24 bits per heavy atom. The van der Waals surface area contributed by atoms with E-state index in [1.165, 1.54) is 10.8 Å². The molecule has 6 rings (SSSR count). The molecular formula is C30H30F2N6O3. The average Bonchev–Trinajstić information content (AvgIpc) is 3.56. The standard InChI is InChI=1S/C30H30F2N6O3/c1-33-22-10-21(31)26(32)24-17(22)9-23-25(24)27(38-7-5-6-16(38)13-36(2)3)19(12-34-23)15-8-18-28(39)20(30(40)41)14-37(4)29(18)35-11-15/h8,10-12,14,16,33H,5-7,9,13H2,1-4H3,(H,40,41)/t16-/m0/s1/i1D3. The van der Waals surface area contributed by atoms with Crippen molar-refractivity contribution in [1.29, 1.82) is 0 Å². The van der Waals surface area contributed by atoms with Gasteiger partial charge in [-0.05, 0) is 38.6 Å². The van der Waals surface area contributed by atoms with Gasteiger partial charge in [0.2, 0.25) is 5.43 Å². The topological polar surface area (TPSA) is 104 Å².